The van der Waals surface area contributed by atoms with Gasteiger partial charge in [0.05, 0.1) is 5.69 Å². The lowest BCUT2D eigenvalue weighted by atomic mass is 10.1. The molecule has 2 heterocycles. The molecule has 140 valence electrons. The maximum atomic E-state index is 5.82. The summed E-state index contributed by atoms with van der Waals surface area (Å²) in [5, 5.41) is 3.57. The highest BCUT2D eigenvalue weighted by Crippen LogP contribution is 2.19. The molecule has 0 amide bonds. The number of nitrogens with zero attached hydrogens (tertiary/aromatic N) is 3. The highest BCUT2D eigenvalue weighted by atomic mass is 15.1. The normalized spacial score (nSPS) is 12.0. The molecule has 2 aromatic heterocycles. The molecule has 1 atom stereocenters. The van der Waals surface area contributed by atoms with Gasteiger partial charge < -0.3 is 11.1 Å². The van der Waals surface area contributed by atoms with Crippen molar-refractivity contribution in [1.82, 2.24) is 15.0 Å². The van der Waals surface area contributed by atoms with Crippen LogP contribution in [0.3, 0.4) is 0 Å². The summed E-state index contributed by atoms with van der Waals surface area (Å²) in [6.07, 6.45) is 8.08. The van der Waals surface area contributed by atoms with Crippen LogP contribution in [-0.4, -0.2) is 21.0 Å². The molecule has 5 nitrogen and oxygen atoms in total. The first-order chi connectivity index (χ1) is 12.5. The number of pyridine rings is 1. The van der Waals surface area contributed by atoms with Gasteiger partial charge in [-0.3, -0.25) is 4.98 Å². The van der Waals surface area contributed by atoms with E-state index >= 15 is 0 Å². The van der Waals surface area contributed by atoms with E-state index in [1.807, 2.05) is 31.3 Å². The number of nitrogens with one attached hydrogen (secondary N) is 1. The molecule has 0 aliphatic heterocycles. The fourth-order valence-corrected chi connectivity index (χ4v) is 2.87. The van der Waals surface area contributed by atoms with Crippen LogP contribution in [-0.2, 0) is 12.8 Å². The van der Waals surface area contributed by atoms with Crippen molar-refractivity contribution in [2.45, 2.75) is 65.3 Å². The lowest BCUT2D eigenvalue weighted by Crippen LogP contribution is -2.21. The third-order valence-corrected chi connectivity index (χ3v) is 4.52. The average molecular weight is 354 g/mol. The number of hydrogen-bond donors (Lipinski definition) is 2. The van der Waals surface area contributed by atoms with E-state index in [0.717, 1.165) is 54.0 Å². The predicted octanol–water partition coefficient (Wildman–Crippen LogP) is 4.65. The molecule has 0 fully saturated rings. The molecule has 2 rings (SSSR count). The molecule has 0 spiro atoms. The molecular formula is C21H31N5. The largest absolute Gasteiger partial charge is 0.368 e. The molecule has 3 N–H and O–H groups in total. The number of nitrogens with two attached hydrogens (primary N) is 1. The molecule has 0 bridgehead atoms. The van der Waals surface area contributed by atoms with E-state index < -0.39 is 0 Å². The second kappa shape index (κ2) is 9.90. The molecule has 0 saturated heterocycles. The van der Waals surface area contributed by atoms with E-state index in [4.69, 9.17) is 5.73 Å². The molecule has 1 unspecified atom stereocenters. The summed E-state index contributed by atoms with van der Waals surface area (Å²) in [5.74, 6) is 1.17. The first-order valence-electron chi connectivity index (χ1n) is 9.53. The van der Waals surface area contributed by atoms with Crippen LogP contribution in [0.25, 0.3) is 5.57 Å². The molecule has 0 saturated carbocycles. The molecule has 0 aliphatic rings. The summed E-state index contributed by atoms with van der Waals surface area (Å²) in [4.78, 5) is 13.3. The lowest BCUT2D eigenvalue weighted by molar-refractivity contribution is 0.590. The molecule has 0 aromatic carbocycles. The number of aryl methyl sites for hydroxylation is 2. The minimum absolute atomic E-state index is 0.309. The van der Waals surface area contributed by atoms with Gasteiger partial charge >= 0.3 is 0 Å². The number of allylic oxidation sites excluding steroid dienone is 1. The van der Waals surface area contributed by atoms with E-state index in [0.29, 0.717) is 12.0 Å². The number of aromatic nitrogens is 3. The Morgan fingerprint density at radius 1 is 1.23 bits per heavy atom. The number of rotatable bonds is 10. The van der Waals surface area contributed by atoms with Gasteiger partial charge in [0.1, 0.15) is 5.82 Å². The first kappa shape index (κ1) is 19.9. The van der Waals surface area contributed by atoms with E-state index in [1.54, 1.807) is 0 Å². The van der Waals surface area contributed by atoms with Crippen LogP contribution in [0.15, 0.2) is 31.0 Å². The second-order valence-electron chi connectivity index (χ2n) is 6.79. The predicted molar refractivity (Wildman–Crippen MR) is 110 cm³/mol. The van der Waals surface area contributed by atoms with Crippen molar-refractivity contribution in [2.24, 2.45) is 0 Å². The van der Waals surface area contributed by atoms with Crippen LogP contribution >= 0.6 is 0 Å². The zero-order chi connectivity index (χ0) is 18.9. The Hall–Kier alpha value is -2.43. The minimum atomic E-state index is 0.309. The topological polar surface area (TPSA) is 76.7 Å². The van der Waals surface area contributed by atoms with Crippen LogP contribution in [0.5, 0.6) is 0 Å². The van der Waals surface area contributed by atoms with Gasteiger partial charge in [0.25, 0.3) is 0 Å². The molecule has 5 heteroatoms. The molecular weight excluding hydrogens is 322 g/mol. The average Bonchev–Trinajstić information content (AvgIpc) is 2.64. The summed E-state index contributed by atoms with van der Waals surface area (Å²) in [5.41, 5.74) is 9.87. The Labute approximate surface area is 157 Å². The van der Waals surface area contributed by atoms with Crippen molar-refractivity contribution < 1.29 is 0 Å². The monoisotopic (exact) mass is 353 g/mol. The van der Waals surface area contributed by atoms with Crippen molar-refractivity contribution in [3.05, 3.63) is 47.9 Å². The van der Waals surface area contributed by atoms with Gasteiger partial charge in [-0.25, -0.2) is 4.98 Å². The smallest absolute Gasteiger partial charge is 0.221 e. The molecule has 0 radical (unpaired) electrons. The van der Waals surface area contributed by atoms with Crippen molar-refractivity contribution in [2.75, 3.05) is 11.1 Å². The Balaban J connectivity index is 2.11. The van der Waals surface area contributed by atoms with Crippen molar-refractivity contribution in [3.8, 4) is 0 Å². The second-order valence-corrected chi connectivity index (χ2v) is 6.79. The van der Waals surface area contributed by atoms with Gasteiger partial charge in [0.15, 0.2) is 0 Å². The Bertz CT molecular complexity index is 726. The van der Waals surface area contributed by atoms with E-state index in [-0.39, 0.29) is 0 Å². The molecule has 0 aliphatic carbocycles. The van der Waals surface area contributed by atoms with Crippen molar-refractivity contribution in [1.29, 1.82) is 0 Å². The SMILES string of the molecule is C=C(C)c1cccc(CCc2cnc(N)nc2NC(CC)CCCC)n1. The van der Waals surface area contributed by atoms with Gasteiger partial charge in [0, 0.05) is 23.5 Å². The standard InChI is InChI=1S/C21H31N5/c1-5-7-9-17(6-2)25-20-16(14-23-21(22)26-20)12-13-18-10-8-11-19(24-18)15(3)4/h8,10-11,14,17H,3,5-7,9,12-13H2,1-2,4H3,(H3,22,23,25,26). The quantitative estimate of drug-likeness (QED) is 0.650. The molecule has 2 aromatic rings. The van der Waals surface area contributed by atoms with Crippen molar-refractivity contribution >= 4 is 17.3 Å². The summed E-state index contributed by atoms with van der Waals surface area (Å²) in [6, 6.07) is 6.48. The summed E-state index contributed by atoms with van der Waals surface area (Å²) >= 11 is 0. The minimum Gasteiger partial charge on any atom is -0.368 e. The van der Waals surface area contributed by atoms with Gasteiger partial charge in [-0.15, -0.1) is 0 Å². The van der Waals surface area contributed by atoms with Crippen LogP contribution in [0, 0.1) is 0 Å². The first-order valence-corrected chi connectivity index (χ1v) is 9.53. The third-order valence-electron chi connectivity index (χ3n) is 4.52. The highest BCUT2D eigenvalue weighted by Gasteiger charge is 2.12. The number of unbranched alkanes of at least 4 members (excludes halogenated alkanes) is 1. The van der Waals surface area contributed by atoms with Crippen LogP contribution in [0.4, 0.5) is 11.8 Å². The van der Waals surface area contributed by atoms with Gasteiger partial charge in [0.2, 0.25) is 5.95 Å². The van der Waals surface area contributed by atoms with E-state index in [2.05, 4.69) is 40.7 Å². The van der Waals surface area contributed by atoms with Gasteiger partial charge in [-0.2, -0.15) is 4.98 Å². The van der Waals surface area contributed by atoms with Crippen LogP contribution in [0.1, 0.15) is 63.4 Å². The molecule has 26 heavy (non-hydrogen) atoms. The summed E-state index contributed by atoms with van der Waals surface area (Å²) < 4.78 is 0. The van der Waals surface area contributed by atoms with E-state index in [1.165, 1.54) is 12.8 Å². The van der Waals surface area contributed by atoms with E-state index in [9.17, 15) is 0 Å². The zero-order valence-electron chi connectivity index (χ0n) is 16.3. The Kier molecular flexibility index (Phi) is 7.57. The maximum Gasteiger partial charge on any atom is 0.221 e. The fourth-order valence-electron chi connectivity index (χ4n) is 2.87. The Morgan fingerprint density at radius 3 is 2.73 bits per heavy atom. The summed E-state index contributed by atoms with van der Waals surface area (Å²) in [6.45, 7) is 10.4. The highest BCUT2D eigenvalue weighted by molar-refractivity contribution is 5.57. The maximum absolute atomic E-state index is 5.82. The Morgan fingerprint density at radius 2 is 2.04 bits per heavy atom. The third kappa shape index (κ3) is 5.83. The fraction of sp³-hybridized carbons (Fsp3) is 0.476. The number of anilines is 2. The lowest BCUT2D eigenvalue weighted by Gasteiger charge is -2.19. The number of hydrogen-bond acceptors (Lipinski definition) is 5. The van der Waals surface area contributed by atoms with Crippen molar-refractivity contribution in [3.63, 3.8) is 0 Å². The van der Waals surface area contributed by atoms with Crippen LogP contribution < -0.4 is 11.1 Å². The zero-order valence-corrected chi connectivity index (χ0v) is 16.3. The number of nitrogen functional groups attached to an aromatic ring is 1. The van der Waals surface area contributed by atoms with Gasteiger partial charge in [-0.05, 0) is 50.3 Å². The summed E-state index contributed by atoms with van der Waals surface area (Å²) in [7, 11) is 0. The van der Waals surface area contributed by atoms with Crippen LogP contribution in [0.2, 0.25) is 0 Å². The van der Waals surface area contributed by atoms with Gasteiger partial charge in [-0.1, -0.05) is 39.3 Å².